The summed E-state index contributed by atoms with van der Waals surface area (Å²) in [6, 6.07) is 48.9. The van der Waals surface area contributed by atoms with Crippen molar-refractivity contribution in [3.05, 3.63) is 184 Å². The Bertz CT molecular complexity index is 2830. The predicted octanol–water partition coefficient (Wildman–Crippen LogP) is 13.8. The van der Waals surface area contributed by atoms with Crippen molar-refractivity contribution in [2.45, 2.75) is 25.2 Å². The Kier molecular flexibility index (Phi) is 6.62. The molecule has 3 aliphatic rings. The maximum atomic E-state index is 6.60. The Morgan fingerprint density at radius 1 is 0.712 bits per heavy atom. The summed E-state index contributed by atoms with van der Waals surface area (Å²) < 4.78 is 7.97. The number of rotatable bonds is 2. The molecule has 0 spiro atoms. The molecule has 0 saturated carbocycles. The molecule has 2 nitrogen and oxygen atoms in total. The normalized spacial score (nSPS) is 18.9. The van der Waals surface area contributed by atoms with Crippen LogP contribution in [0.4, 0.5) is 11.4 Å². The number of hydrogen-bond acceptors (Lipinski definition) is 3. The predicted molar refractivity (Wildman–Crippen MR) is 220 cm³/mol. The van der Waals surface area contributed by atoms with Gasteiger partial charge in [0.15, 0.2) is 0 Å². The maximum Gasteiger partial charge on any atom is 0.137 e. The molecule has 0 radical (unpaired) electrons. The van der Waals surface area contributed by atoms with Crippen LogP contribution in [0.25, 0.3) is 60.4 Å². The number of thiophene rings is 1. The molecule has 1 N–H and O–H groups in total. The lowest BCUT2D eigenvalue weighted by Crippen LogP contribution is -2.15. The summed E-state index contributed by atoms with van der Waals surface area (Å²) in [5, 5.41) is 7.54. The molecule has 6 aromatic carbocycles. The standard InChI is InChI=1S/C49H35NOS/c1-29-40-25-34(30-10-3-2-4-11-30)26-41(29)39-15-8-17-44-48(39)49-43(16-9-18-45(49)51-44)50-35-21-23-36(42(28-35)32-13-7-12-31(40)24-32)33-20-22-38-37-14-5-6-19-46(37)52-47(38)27-33/h2-26,28-29,33,40,50H,27H2,1H3. The first-order chi connectivity index (χ1) is 25.7. The molecule has 52 heavy (non-hydrogen) atoms. The minimum atomic E-state index is 0.187. The van der Waals surface area contributed by atoms with E-state index in [1.54, 1.807) is 0 Å². The molecule has 6 bridgehead atoms. The van der Waals surface area contributed by atoms with E-state index >= 15 is 0 Å². The minimum Gasteiger partial charge on any atom is -0.456 e. The Morgan fingerprint density at radius 2 is 1.52 bits per heavy atom. The number of anilines is 2. The van der Waals surface area contributed by atoms with Crippen LogP contribution in [0.2, 0.25) is 0 Å². The molecule has 0 amide bonds. The second kappa shape index (κ2) is 11.6. The van der Waals surface area contributed by atoms with Gasteiger partial charge in [0.25, 0.3) is 0 Å². The van der Waals surface area contributed by atoms with E-state index in [2.05, 4.69) is 170 Å². The third-order valence-corrected chi connectivity index (χ3v) is 12.8. The molecular formula is C49H35NOS. The van der Waals surface area contributed by atoms with Crippen molar-refractivity contribution in [3.63, 3.8) is 0 Å². The lowest BCUT2D eigenvalue weighted by atomic mass is 9.73. The van der Waals surface area contributed by atoms with Crippen molar-refractivity contribution < 1.29 is 4.42 Å². The minimum absolute atomic E-state index is 0.187. The van der Waals surface area contributed by atoms with Gasteiger partial charge in [-0.05, 0) is 104 Å². The van der Waals surface area contributed by atoms with E-state index in [1.807, 2.05) is 11.3 Å². The molecule has 0 fully saturated rings. The van der Waals surface area contributed by atoms with Gasteiger partial charge in [0.2, 0.25) is 0 Å². The van der Waals surface area contributed by atoms with Crippen molar-refractivity contribution in [1.29, 1.82) is 0 Å². The van der Waals surface area contributed by atoms with Crippen LogP contribution in [0.5, 0.6) is 0 Å². The fraction of sp³-hybridized carbons (Fsp3) is 0.102. The van der Waals surface area contributed by atoms with Gasteiger partial charge >= 0.3 is 0 Å². The van der Waals surface area contributed by atoms with Gasteiger partial charge in [0.1, 0.15) is 11.2 Å². The van der Waals surface area contributed by atoms with Crippen LogP contribution in [0.3, 0.4) is 0 Å². The van der Waals surface area contributed by atoms with E-state index in [0.29, 0.717) is 0 Å². The monoisotopic (exact) mass is 685 g/mol. The molecular weight excluding hydrogens is 651 g/mol. The highest BCUT2D eigenvalue weighted by atomic mass is 32.1. The van der Waals surface area contributed by atoms with Gasteiger partial charge in [-0.1, -0.05) is 128 Å². The lowest BCUT2D eigenvalue weighted by molar-refractivity contribution is 0.655. The van der Waals surface area contributed by atoms with Crippen LogP contribution in [0.15, 0.2) is 156 Å². The van der Waals surface area contributed by atoms with Crippen molar-refractivity contribution in [3.8, 4) is 11.1 Å². The Hall–Kier alpha value is -5.90. The summed E-state index contributed by atoms with van der Waals surface area (Å²) in [7, 11) is 0. The third-order valence-electron chi connectivity index (χ3n) is 11.6. The van der Waals surface area contributed by atoms with Gasteiger partial charge in [-0.25, -0.2) is 0 Å². The van der Waals surface area contributed by atoms with E-state index in [0.717, 1.165) is 34.3 Å². The van der Waals surface area contributed by atoms with Gasteiger partial charge in [-0.3, -0.25) is 0 Å². The van der Waals surface area contributed by atoms with E-state index < -0.39 is 0 Å². The molecule has 2 aliphatic carbocycles. The van der Waals surface area contributed by atoms with Crippen molar-refractivity contribution in [2.24, 2.45) is 5.92 Å². The highest BCUT2D eigenvalue weighted by molar-refractivity contribution is 7.19. The summed E-state index contributed by atoms with van der Waals surface area (Å²) >= 11 is 1.95. The quantitative estimate of drug-likeness (QED) is 0.196. The number of fused-ring (bicyclic) bond motifs is 12. The lowest BCUT2D eigenvalue weighted by Gasteiger charge is -2.31. The first-order valence-electron chi connectivity index (χ1n) is 18.3. The summed E-state index contributed by atoms with van der Waals surface area (Å²) in [4.78, 5) is 1.47. The maximum absolute atomic E-state index is 6.60. The molecule has 3 atom stereocenters. The summed E-state index contributed by atoms with van der Waals surface area (Å²) in [5.74, 6) is 0.704. The number of furan rings is 1. The van der Waals surface area contributed by atoms with Crippen LogP contribution in [-0.2, 0) is 6.42 Å². The topological polar surface area (TPSA) is 25.2 Å². The Balaban J connectivity index is 1.15. The van der Waals surface area contributed by atoms with Crippen molar-refractivity contribution >= 4 is 72.0 Å². The average molecular weight is 686 g/mol. The first-order valence-corrected chi connectivity index (χ1v) is 19.1. The number of allylic oxidation sites excluding steroid dienone is 5. The largest absolute Gasteiger partial charge is 0.456 e. The molecule has 0 saturated heterocycles. The van der Waals surface area contributed by atoms with Gasteiger partial charge in [0.05, 0.1) is 11.1 Å². The SMILES string of the molecule is CC1C2=CC(c3ccccc3)=CC1c1cccc(c1)-c1cc(ccc1C1C=Cc3c(sc4ccccc34)C1)Nc1cccc3oc4cccc2c4c13. The van der Waals surface area contributed by atoms with Crippen molar-refractivity contribution in [1.82, 2.24) is 0 Å². The Labute approximate surface area is 307 Å². The van der Waals surface area contributed by atoms with Crippen LogP contribution in [0.1, 0.15) is 51.5 Å². The van der Waals surface area contributed by atoms with Crippen molar-refractivity contribution in [2.75, 3.05) is 5.32 Å². The first kappa shape index (κ1) is 29.8. The molecule has 2 aromatic heterocycles. The Morgan fingerprint density at radius 3 is 2.44 bits per heavy atom. The number of benzene rings is 6. The molecule has 11 rings (SSSR count). The van der Waals surface area contributed by atoms with Crippen LogP contribution < -0.4 is 5.32 Å². The van der Waals surface area contributed by atoms with Crippen LogP contribution >= 0.6 is 11.3 Å². The second-order valence-electron chi connectivity index (χ2n) is 14.5. The van der Waals surface area contributed by atoms with Gasteiger partial charge < -0.3 is 9.73 Å². The van der Waals surface area contributed by atoms with Gasteiger partial charge in [-0.15, -0.1) is 11.3 Å². The molecule has 3 heterocycles. The summed E-state index contributed by atoms with van der Waals surface area (Å²) in [6.45, 7) is 2.40. The van der Waals surface area contributed by atoms with Gasteiger partial charge in [-0.2, -0.15) is 0 Å². The average Bonchev–Trinajstić information content (AvgIpc) is 3.77. The summed E-state index contributed by atoms with van der Waals surface area (Å²) in [5.41, 5.74) is 15.6. The third kappa shape index (κ3) is 4.62. The van der Waals surface area contributed by atoms with Gasteiger partial charge in [0, 0.05) is 32.5 Å². The molecule has 3 unspecified atom stereocenters. The highest BCUT2D eigenvalue weighted by Crippen LogP contribution is 2.49. The van der Waals surface area contributed by atoms with Crippen LogP contribution in [-0.4, -0.2) is 0 Å². The number of nitrogens with one attached hydrogen (secondary N) is 1. The molecule has 248 valence electrons. The zero-order valence-electron chi connectivity index (χ0n) is 28.8. The van der Waals surface area contributed by atoms with E-state index in [-0.39, 0.29) is 17.8 Å². The summed E-state index contributed by atoms with van der Waals surface area (Å²) in [6.07, 6.45) is 10.7. The second-order valence-corrected chi connectivity index (χ2v) is 15.7. The highest BCUT2D eigenvalue weighted by Gasteiger charge is 2.30. The van der Waals surface area contributed by atoms with E-state index in [4.69, 9.17) is 4.42 Å². The number of hydrogen-bond donors (Lipinski definition) is 1. The van der Waals surface area contributed by atoms with E-state index in [9.17, 15) is 0 Å². The molecule has 3 heteroatoms. The smallest absolute Gasteiger partial charge is 0.137 e. The fourth-order valence-electron chi connectivity index (χ4n) is 9.03. The molecule has 8 aromatic rings. The zero-order valence-corrected chi connectivity index (χ0v) is 29.6. The van der Waals surface area contributed by atoms with Crippen LogP contribution in [0, 0.1) is 5.92 Å². The zero-order chi connectivity index (χ0) is 34.3. The van der Waals surface area contributed by atoms with E-state index in [1.165, 1.54) is 70.4 Å². The molecule has 1 aliphatic heterocycles. The fourth-order valence-corrected chi connectivity index (χ4v) is 10.3.